The van der Waals surface area contributed by atoms with E-state index in [0.29, 0.717) is 5.75 Å². The van der Waals surface area contributed by atoms with E-state index < -0.39 is 4.92 Å². The summed E-state index contributed by atoms with van der Waals surface area (Å²) in [5, 5.41) is 14.1. The fourth-order valence-electron chi connectivity index (χ4n) is 2.81. The Balaban J connectivity index is 1.98. The first-order valence-corrected chi connectivity index (χ1v) is 9.95. The number of benzene rings is 2. The molecule has 0 spiro atoms. The van der Waals surface area contributed by atoms with Crippen molar-refractivity contribution in [1.29, 1.82) is 0 Å². The molecule has 1 amide bonds. The molecule has 1 N–H and O–H groups in total. The fraction of sp³-hybridized carbons (Fsp3) is 0.350. The first kappa shape index (κ1) is 20.8. The lowest BCUT2D eigenvalue weighted by Gasteiger charge is -2.14. The lowest BCUT2D eigenvalue weighted by atomic mass is 10.0. The maximum absolute atomic E-state index is 12.4. The molecule has 0 unspecified atom stereocenters. The molecule has 0 atom stereocenters. The van der Waals surface area contributed by atoms with Gasteiger partial charge in [0.05, 0.1) is 17.8 Å². The van der Waals surface area contributed by atoms with Crippen molar-refractivity contribution in [2.75, 3.05) is 18.2 Å². The molecule has 0 saturated heterocycles. The molecule has 0 aromatic heterocycles. The summed E-state index contributed by atoms with van der Waals surface area (Å²) >= 11 is 1.42. The van der Waals surface area contributed by atoms with E-state index in [1.807, 2.05) is 18.2 Å². The number of hydrogen-bond acceptors (Lipinski definition) is 5. The SMILES string of the molecule is CCc1cccc(CC)c1NC(=O)CSCc1ccc(OC)c([N+](=O)[O-])c1. The molecule has 0 aliphatic carbocycles. The summed E-state index contributed by atoms with van der Waals surface area (Å²) in [4.78, 5) is 23.0. The molecule has 2 aromatic rings. The molecule has 2 rings (SSSR count). The van der Waals surface area contributed by atoms with Gasteiger partial charge in [-0.2, -0.15) is 0 Å². The van der Waals surface area contributed by atoms with Crippen molar-refractivity contribution in [2.24, 2.45) is 0 Å². The van der Waals surface area contributed by atoms with Crippen LogP contribution in [0.2, 0.25) is 0 Å². The Labute approximate surface area is 163 Å². The molecule has 0 fully saturated rings. The van der Waals surface area contributed by atoms with E-state index in [1.165, 1.54) is 24.9 Å². The Morgan fingerprint density at radius 2 is 1.85 bits per heavy atom. The van der Waals surface area contributed by atoms with Crippen molar-refractivity contribution in [3.05, 3.63) is 63.2 Å². The van der Waals surface area contributed by atoms with Crippen LogP contribution in [0.3, 0.4) is 0 Å². The van der Waals surface area contributed by atoms with E-state index in [1.54, 1.807) is 12.1 Å². The second-order valence-electron chi connectivity index (χ2n) is 5.96. The van der Waals surface area contributed by atoms with Crippen LogP contribution in [-0.4, -0.2) is 23.7 Å². The highest BCUT2D eigenvalue weighted by Gasteiger charge is 2.15. The van der Waals surface area contributed by atoms with Gasteiger partial charge in [-0.15, -0.1) is 11.8 Å². The predicted molar refractivity (Wildman–Crippen MR) is 110 cm³/mol. The van der Waals surface area contributed by atoms with Gasteiger partial charge >= 0.3 is 5.69 Å². The van der Waals surface area contributed by atoms with Gasteiger partial charge in [-0.05, 0) is 35.6 Å². The largest absolute Gasteiger partial charge is 0.490 e. The number of aryl methyl sites for hydroxylation is 2. The van der Waals surface area contributed by atoms with E-state index in [9.17, 15) is 14.9 Å². The van der Waals surface area contributed by atoms with E-state index in [4.69, 9.17) is 4.74 Å². The zero-order chi connectivity index (χ0) is 19.8. The van der Waals surface area contributed by atoms with Crippen LogP contribution in [-0.2, 0) is 23.4 Å². The first-order valence-electron chi connectivity index (χ1n) is 8.79. The predicted octanol–water partition coefficient (Wildman–Crippen LogP) is 4.60. The maximum Gasteiger partial charge on any atom is 0.311 e. The van der Waals surface area contributed by atoms with Crippen LogP contribution in [0.5, 0.6) is 5.75 Å². The van der Waals surface area contributed by atoms with Crippen LogP contribution in [0, 0.1) is 10.1 Å². The van der Waals surface area contributed by atoms with E-state index in [2.05, 4.69) is 19.2 Å². The molecule has 144 valence electrons. The van der Waals surface area contributed by atoms with Gasteiger partial charge in [-0.25, -0.2) is 0 Å². The van der Waals surface area contributed by atoms with E-state index in [-0.39, 0.29) is 23.1 Å². The number of rotatable bonds is 9. The second-order valence-corrected chi connectivity index (χ2v) is 6.95. The lowest BCUT2D eigenvalue weighted by molar-refractivity contribution is -0.385. The van der Waals surface area contributed by atoms with Gasteiger partial charge in [0.25, 0.3) is 0 Å². The number of ether oxygens (including phenoxy) is 1. The Bertz CT molecular complexity index is 801. The zero-order valence-corrected chi connectivity index (χ0v) is 16.6. The molecule has 0 radical (unpaired) electrons. The molecule has 6 nitrogen and oxygen atoms in total. The van der Waals surface area contributed by atoms with Gasteiger partial charge < -0.3 is 10.1 Å². The molecule has 7 heteroatoms. The molecule has 0 bridgehead atoms. The number of para-hydroxylation sites is 1. The summed E-state index contributed by atoms with van der Waals surface area (Å²) in [6.45, 7) is 4.13. The summed E-state index contributed by atoms with van der Waals surface area (Å²) in [5.74, 6) is 0.948. The minimum absolute atomic E-state index is 0.0653. The number of carbonyl (C=O) groups excluding carboxylic acids is 1. The zero-order valence-electron chi connectivity index (χ0n) is 15.8. The molecule has 0 saturated carbocycles. The van der Waals surface area contributed by atoms with Crippen LogP contribution in [0.1, 0.15) is 30.5 Å². The van der Waals surface area contributed by atoms with Crippen LogP contribution in [0.15, 0.2) is 36.4 Å². The minimum Gasteiger partial charge on any atom is -0.490 e. The van der Waals surface area contributed by atoms with Crippen molar-refractivity contribution >= 4 is 29.0 Å². The second kappa shape index (κ2) is 9.97. The molecule has 2 aromatic carbocycles. The Morgan fingerprint density at radius 3 is 2.41 bits per heavy atom. The Kier molecular flexibility index (Phi) is 7.67. The number of amides is 1. The van der Waals surface area contributed by atoms with E-state index in [0.717, 1.165) is 35.2 Å². The van der Waals surface area contributed by atoms with Crippen molar-refractivity contribution in [2.45, 2.75) is 32.4 Å². The average molecular weight is 388 g/mol. The molecule has 0 aliphatic heterocycles. The highest BCUT2D eigenvalue weighted by molar-refractivity contribution is 7.99. The number of nitrogens with zero attached hydrogens (tertiary/aromatic N) is 1. The third-order valence-corrected chi connectivity index (χ3v) is 5.21. The quantitative estimate of drug-likeness (QED) is 0.501. The first-order chi connectivity index (χ1) is 13.0. The summed E-state index contributed by atoms with van der Waals surface area (Å²) in [7, 11) is 1.40. The summed E-state index contributed by atoms with van der Waals surface area (Å²) < 4.78 is 5.00. The Hall–Kier alpha value is -2.54. The van der Waals surface area contributed by atoms with Crippen LogP contribution < -0.4 is 10.1 Å². The average Bonchev–Trinajstić information content (AvgIpc) is 2.67. The molecular formula is C20H24N2O4S. The van der Waals surface area contributed by atoms with Crippen molar-refractivity contribution in [1.82, 2.24) is 0 Å². The maximum atomic E-state index is 12.4. The number of nitro benzene ring substituents is 1. The van der Waals surface area contributed by atoms with Gasteiger partial charge in [0.15, 0.2) is 5.75 Å². The minimum atomic E-state index is -0.465. The monoisotopic (exact) mass is 388 g/mol. The number of nitrogens with one attached hydrogen (secondary N) is 1. The van der Waals surface area contributed by atoms with Crippen LogP contribution in [0.25, 0.3) is 0 Å². The number of anilines is 1. The summed E-state index contributed by atoms with van der Waals surface area (Å²) in [6, 6.07) is 10.9. The van der Waals surface area contributed by atoms with Gasteiger partial charge in [-0.1, -0.05) is 38.1 Å². The van der Waals surface area contributed by atoms with Crippen LogP contribution in [0.4, 0.5) is 11.4 Å². The molecule has 0 aliphatic rings. The number of nitro groups is 1. The fourth-order valence-corrected chi connectivity index (χ4v) is 3.58. The third kappa shape index (κ3) is 5.47. The summed E-state index contributed by atoms with van der Waals surface area (Å²) in [6.07, 6.45) is 1.71. The number of carbonyl (C=O) groups is 1. The highest BCUT2D eigenvalue weighted by Crippen LogP contribution is 2.29. The van der Waals surface area contributed by atoms with Crippen molar-refractivity contribution in [3.8, 4) is 5.75 Å². The third-order valence-electron chi connectivity index (χ3n) is 4.21. The standard InChI is InChI=1S/C20H24N2O4S/c1-4-15-7-6-8-16(5-2)20(15)21-19(23)13-27-12-14-9-10-18(26-3)17(11-14)22(24)25/h6-11H,4-5,12-13H2,1-3H3,(H,21,23). The summed E-state index contributed by atoms with van der Waals surface area (Å²) in [5.41, 5.74) is 3.87. The van der Waals surface area contributed by atoms with Crippen LogP contribution >= 0.6 is 11.8 Å². The number of hydrogen-bond donors (Lipinski definition) is 1. The normalized spacial score (nSPS) is 10.5. The Morgan fingerprint density at radius 1 is 1.19 bits per heavy atom. The number of methoxy groups -OCH3 is 1. The highest BCUT2D eigenvalue weighted by atomic mass is 32.2. The lowest BCUT2D eigenvalue weighted by Crippen LogP contribution is -2.16. The van der Waals surface area contributed by atoms with Gasteiger partial charge in [0.2, 0.25) is 5.91 Å². The van der Waals surface area contributed by atoms with Gasteiger partial charge in [-0.3, -0.25) is 14.9 Å². The smallest absolute Gasteiger partial charge is 0.311 e. The van der Waals surface area contributed by atoms with E-state index >= 15 is 0 Å². The van der Waals surface area contributed by atoms with Gasteiger partial charge in [0.1, 0.15) is 0 Å². The van der Waals surface area contributed by atoms with Crippen molar-refractivity contribution < 1.29 is 14.5 Å². The molecular weight excluding hydrogens is 364 g/mol. The topological polar surface area (TPSA) is 81.5 Å². The number of thioether (sulfide) groups is 1. The molecule has 0 heterocycles. The van der Waals surface area contributed by atoms with Crippen molar-refractivity contribution in [3.63, 3.8) is 0 Å². The molecule has 27 heavy (non-hydrogen) atoms. The van der Waals surface area contributed by atoms with Gasteiger partial charge in [0, 0.05) is 17.5 Å².